The van der Waals surface area contributed by atoms with Gasteiger partial charge in [-0.2, -0.15) is 16.8 Å². The lowest BCUT2D eigenvalue weighted by molar-refractivity contribution is 0.174. The van der Waals surface area contributed by atoms with E-state index in [0.29, 0.717) is 26.1 Å². The van der Waals surface area contributed by atoms with E-state index in [-0.39, 0.29) is 34.8 Å². The predicted molar refractivity (Wildman–Crippen MR) is 116 cm³/mol. The van der Waals surface area contributed by atoms with E-state index >= 15 is 0 Å². The second-order valence-corrected chi connectivity index (χ2v) is 11.0. The standard InChI is InChI=1S/C22H28O7S2/c1-17-3-7-21(8-4-17)30(23,24)28-13-11-19-15-27-16-20(19)12-14-29-31(25,26)22-9-5-18(2)6-10-22/h3-10,19-20H,11-16H2,1-2H3. The molecule has 0 N–H and O–H groups in total. The van der Waals surface area contributed by atoms with Gasteiger partial charge in [-0.3, -0.25) is 8.37 Å². The van der Waals surface area contributed by atoms with Crippen molar-refractivity contribution in [1.29, 1.82) is 0 Å². The van der Waals surface area contributed by atoms with Crippen LogP contribution in [0, 0.1) is 25.7 Å². The monoisotopic (exact) mass is 468 g/mol. The summed E-state index contributed by atoms with van der Waals surface area (Å²) < 4.78 is 65.1. The van der Waals surface area contributed by atoms with Crippen molar-refractivity contribution >= 4 is 20.2 Å². The number of rotatable bonds is 10. The van der Waals surface area contributed by atoms with Gasteiger partial charge < -0.3 is 4.74 Å². The molecule has 3 rings (SSSR count). The fourth-order valence-electron chi connectivity index (χ4n) is 3.45. The summed E-state index contributed by atoms with van der Waals surface area (Å²) in [5.41, 5.74) is 1.94. The zero-order chi connectivity index (χ0) is 22.5. The molecule has 0 aliphatic carbocycles. The molecule has 1 fully saturated rings. The van der Waals surface area contributed by atoms with E-state index in [1.165, 1.54) is 24.3 Å². The van der Waals surface area contributed by atoms with Crippen LogP contribution in [-0.2, 0) is 33.3 Å². The summed E-state index contributed by atoms with van der Waals surface area (Å²) in [4.78, 5) is 0.263. The molecule has 0 spiro atoms. The van der Waals surface area contributed by atoms with E-state index in [4.69, 9.17) is 13.1 Å². The van der Waals surface area contributed by atoms with Gasteiger partial charge in [0.2, 0.25) is 0 Å². The normalized spacial score (nSPS) is 19.5. The Morgan fingerprint density at radius 1 is 0.710 bits per heavy atom. The van der Waals surface area contributed by atoms with Gasteiger partial charge in [-0.25, -0.2) is 0 Å². The molecule has 1 aliphatic rings. The Balaban J connectivity index is 1.46. The molecule has 2 aromatic carbocycles. The van der Waals surface area contributed by atoms with Gasteiger partial charge >= 0.3 is 0 Å². The summed E-state index contributed by atoms with van der Waals surface area (Å²) in [5.74, 6) is 0.165. The average Bonchev–Trinajstić information content (AvgIpc) is 3.15. The lowest BCUT2D eigenvalue weighted by Crippen LogP contribution is -2.19. The van der Waals surface area contributed by atoms with Crippen LogP contribution in [0.3, 0.4) is 0 Å². The molecule has 9 heteroatoms. The van der Waals surface area contributed by atoms with Crippen molar-refractivity contribution in [2.24, 2.45) is 11.8 Å². The summed E-state index contributed by atoms with van der Waals surface area (Å²) in [6.45, 7) is 4.83. The van der Waals surface area contributed by atoms with E-state index < -0.39 is 20.2 Å². The highest BCUT2D eigenvalue weighted by molar-refractivity contribution is 7.87. The van der Waals surface area contributed by atoms with Crippen LogP contribution < -0.4 is 0 Å². The van der Waals surface area contributed by atoms with Gasteiger partial charge in [0.05, 0.1) is 23.0 Å². The van der Waals surface area contributed by atoms with Crippen LogP contribution in [0.1, 0.15) is 24.0 Å². The lowest BCUT2D eigenvalue weighted by Gasteiger charge is -2.17. The quantitative estimate of drug-likeness (QED) is 0.493. The SMILES string of the molecule is Cc1ccc(S(=O)(=O)OCCC2COCC2CCOS(=O)(=O)c2ccc(C)cc2)cc1. The Morgan fingerprint density at radius 3 is 1.42 bits per heavy atom. The van der Waals surface area contributed by atoms with Crippen LogP contribution >= 0.6 is 0 Å². The van der Waals surface area contributed by atoms with Crippen LogP contribution in [0.15, 0.2) is 58.3 Å². The zero-order valence-corrected chi connectivity index (χ0v) is 19.3. The van der Waals surface area contributed by atoms with E-state index in [1.54, 1.807) is 24.3 Å². The molecule has 1 aliphatic heterocycles. The molecular weight excluding hydrogens is 440 g/mol. The highest BCUT2D eigenvalue weighted by Crippen LogP contribution is 2.28. The van der Waals surface area contributed by atoms with E-state index in [9.17, 15) is 16.8 Å². The summed E-state index contributed by atoms with van der Waals surface area (Å²) in [6, 6.07) is 13.0. The first-order valence-corrected chi connectivity index (χ1v) is 13.0. The average molecular weight is 469 g/mol. The molecular formula is C22H28O7S2. The fraction of sp³-hybridized carbons (Fsp3) is 0.455. The maximum Gasteiger partial charge on any atom is 0.296 e. The highest BCUT2D eigenvalue weighted by Gasteiger charge is 2.29. The Morgan fingerprint density at radius 2 is 1.06 bits per heavy atom. The Hall–Kier alpha value is -1.78. The van der Waals surface area contributed by atoms with Gasteiger partial charge in [-0.05, 0) is 62.8 Å². The zero-order valence-electron chi connectivity index (χ0n) is 17.7. The molecule has 0 radical (unpaired) electrons. The lowest BCUT2D eigenvalue weighted by atomic mass is 9.91. The molecule has 0 amide bonds. The maximum atomic E-state index is 12.3. The van der Waals surface area contributed by atoms with E-state index in [2.05, 4.69) is 0 Å². The molecule has 0 bridgehead atoms. The first-order valence-electron chi connectivity index (χ1n) is 10.2. The van der Waals surface area contributed by atoms with Crippen LogP contribution in [0.4, 0.5) is 0 Å². The summed E-state index contributed by atoms with van der Waals surface area (Å²) in [6.07, 6.45) is 1.00. The number of hydrogen-bond acceptors (Lipinski definition) is 7. The van der Waals surface area contributed by atoms with Crippen molar-refractivity contribution in [2.75, 3.05) is 26.4 Å². The molecule has 1 heterocycles. The Labute approximate surface area is 184 Å². The number of benzene rings is 2. The molecule has 31 heavy (non-hydrogen) atoms. The van der Waals surface area contributed by atoms with E-state index in [0.717, 1.165) is 11.1 Å². The second-order valence-electron chi connectivity index (χ2n) is 7.81. The minimum absolute atomic E-state index is 0.0449. The predicted octanol–water partition coefficient (Wildman–Crippen LogP) is 3.46. The van der Waals surface area contributed by atoms with Crippen LogP contribution in [0.2, 0.25) is 0 Å². The van der Waals surface area contributed by atoms with Gasteiger partial charge in [0, 0.05) is 13.2 Å². The third kappa shape index (κ3) is 6.60. The van der Waals surface area contributed by atoms with Crippen molar-refractivity contribution in [1.82, 2.24) is 0 Å². The van der Waals surface area contributed by atoms with Crippen molar-refractivity contribution < 1.29 is 29.9 Å². The van der Waals surface area contributed by atoms with Gasteiger partial charge in [0.1, 0.15) is 0 Å². The molecule has 2 atom stereocenters. The first kappa shape index (κ1) is 23.9. The van der Waals surface area contributed by atoms with Gasteiger partial charge in [-0.15, -0.1) is 0 Å². The molecule has 0 aromatic heterocycles. The Bertz CT molecular complexity index is 972. The second kappa shape index (κ2) is 10.2. The van der Waals surface area contributed by atoms with E-state index in [1.807, 2.05) is 13.8 Å². The molecule has 7 nitrogen and oxygen atoms in total. The molecule has 170 valence electrons. The molecule has 2 aromatic rings. The summed E-state index contributed by atoms with van der Waals surface area (Å²) in [5, 5.41) is 0. The maximum absolute atomic E-state index is 12.3. The number of ether oxygens (including phenoxy) is 1. The van der Waals surface area contributed by atoms with Crippen LogP contribution in [0.25, 0.3) is 0 Å². The fourth-order valence-corrected chi connectivity index (χ4v) is 5.29. The smallest absolute Gasteiger partial charge is 0.296 e. The van der Waals surface area contributed by atoms with Crippen molar-refractivity contribution in [3.05, 3.63) is 59.7 Å². The van der Waals surface area contributed by atoms with Crippen LogP contribution in [-0.4, -0.2) is 43.3 Å². The van der Waals surface area contributed by atoms with Crippen LogP contribution in [0.5, 0.6) is 0 Å². The van der Waals surface area contributed by atoms with Gasteiger partial charge in [0.15, 0.2) is 0 Å². The summed E-state index contributed by atoms with van der Waals surface area (Å²) >= 11 is 0. The third-order valence-corrected chi connectivity index (χ3v) is 8.06. The van der Waals surface area contributed by atoms with Crippen molar-refractivity contribution in [2.45, 2.75) is 36.5 Å². The molecule has 1 saturated heterocycles. The Kier molecular flexibility index (Phi) is 7.87. The molecule has 0 saturated carbocycles. The van der Waals surface area contributed by atoms with Crippen molar-refractivity contribution in [3.8, 4) is 0 Å². The van der Waals surface area contributed by atoms with Crippen molar-refractivity contribution in [3.63, 3.8) is 0 Å². The first-order chi connectivity index (χ1) is 14.7. The minimum atomic E-state index is -3.80. The minimum Gasteiger partial charge on any atom is -0.381 e. The van der Waals surface area contributed by atoms with Gasteiger partial charge in [-0.1, -0.05) is 35.4 Å². The largest absolute Gasteiger partial charge is 0.381 e. The highest BCUT2D eigenvalue weighted by atomic mass is 32.2. The number of hydrogen-bond donors (Lipinski definition) is 0. The third-order valence-electron chi connectivity index (χ3n) is 5.40. The van der Waals surface area contributed by atoms with Gasteiger partial charge in [0.25, 0.3) is 20.2 Å². The summed E-state index contributed by atoms with van der Waals surface area (Å²) in [7, 11) is -7.60. The molecule has 2 unspecified atom stereocenters. The number of aryl methyl sites for hydroxylation is 2. The topological polar surface area (TPSA) is 96.0 Å².